The quantitative estimate of drug-likeness (QED) is 0.213. The van der Waals surface area contributed by atoms with E-state index in [1.807, 2.05) is 6.07 Å². The number of carbonyl (C=O) groups is 2. The molecule has 0 bridgehead atoms. The standard InChI is InChI=1S/C25H29N7O5S2.CH2O2/c1-14-10-32(11-15(2)37-14)12-23-28-22(13-38-23)24(33)29-19-5-16(6-20-18(19)9-27-30-20)17-7-21(31-39(4,34)35)25(36-3)26-8-17;2-1-3/h5-9,13-15,31H,10-12H2,1-4H3,(H,27,30)(H,29,33);1H,(H,2,3)/t14-,15+;. The monoisotopic (exact) mass is 617 g/mol. The molecular weight excluding hydrogens is 586 g/mol. The molecule has 4 aromatic rings. The Balaban J connectivity index is 0.00000129. The Labute approximate surface area is 246 Å². The van der Waals surface area contributed by atoms with Gasteiger partial charge in [-0.05, 0) is 37.6 Å². The van der Waals surface area contributed by atoms with Gasteiger partial charge in [-0.2, -0.15) is 5.10 Å². The van der Waals surface area contributed by atoms with Gasteiger partial charge in [-0.25, -0.2) is 18.4 Å². The van der Waals surface area contributed by atoms with Gasteiger partial charge in [0.25, 0.3) is 12.4 Å². The second-order valence-electron chi connectivity index (χ2n) is 9.65. The van der Waals surface area contributed by atoms with Crippen molar-refractivity contribution in [3.63, 3.8) is 0 Å². The number of nitrogens with one attached hydrogen (secondary N) is 3. The summed E-state index contributed by atoms with van der Waals surface area (Å²) in [5.41, 5.74) is 3.04. The van der Waals surface area contributed by atoms with Crippen molar-refractivity contribution in [1.82, 2.24) is 25.1 Å². The largest absolute Gasteiger partial charge is 0.483 e. The number of aromatic nitrogens is 4. The molecule has 0 unspecified atom stereocenters. The van der Waals surface area contributed by atoms with Crippen molar-refractivity contribution in [3.8, 4) is 17.0 Å². The Bertz CT molecular complexity index is 1660. The van der Waals surface area contributed by atoms with E-state index >= 15 is 0 Å². The summed E-state index contributed by atoms with van der Waals surface area (Å²) >= 11 is 1.45. The first-order valence-corrected chi connectivity index (χ1v) is 15.5. The number of amides is 1. The normalized spacial score (nSPS) is 17.2. The minimum absolute atomic E-state index is 0.139. The number of H-pyrrole nitrogens is 1. The Kier molecular flexibility index (Phi) is 9.72. The molecule has 42 heavy (non-hydrogen) atoms. The average Bonchev–Trinajstić information content (AvgIpc) is 3.57. The van der Waals surface area contributed by atoms with Crippen LogP contribution in [0.1, 0.15) is 29.3 Å². The van der Waals surface area contributed by atoms with E-state index in [0.717, 1.165) is 29.7 Å². The number of anilines is 2. The van der Waals surface area contributed by atoms with Crippen molar-refractivity contribution in [2.24, 2.45) is 0 Å². The minimum atomic E-state index is -3.56. The van der Waals surface area contributed by atoms with Crippen LogP contribution in [-0.2, 0) is 26.1 Å². The smallest absolute Gasteiger partial charge is 0.290 e. The molecule has 16 heteroatoms. The molecule has 224 valence electrons. The van der Waals surface area contributed by atoms with E-state index in [2.05, 4.69) is 49.0 Å². The van der Waals surface area contributed by atoms with Crippen LogP contribution < -0.4 is 14.8 Å². The van der Waals surface area contributed by atoms with Crippen LogP contribution in [0.3, 0.4) is 0 Å². The summed E-state index contributed by atoms with van der Waals surface area (Å²) in [4.78, 5) is 32.7. The van der Waals surface area contributed by atoms with Crippen LogP contribution >= 0.6 is 11.3 Å². The van der Waals surface area contributed by atoms with Crippen LogP contribution in [0, 0.1) is 0 Å². The number of carboxylic acid groups (broad SMARTS) is 1. The minimum Gasteiger partial charge on any atom is -0.483 e. The lowest BCUT2D eigenvalue weighted by atomic mass is 10.0. The van der Waals surface area contributed by atoms with E-state index < -0.39 is 10.0 Å². The van der Waals surface area contributed by atoms with E-state index in [1.165, 1.54) is 18.4 Å². The van der Waals surface area contributed by atoms with Crippen molar-refractivity contribution in [1.29, 1.82) is 0 Å². The summed E-state index contributed by atoms with van der Waals surface area (Å²) in [5, 5.41) is 20.2. The van der Waals surface area contributed by atoms with Gasteiger partial charge >= 0.3 is 0 Å². The van der Waals surface area contributed by atoms with Gasteiger partial charge in [-0.3, -0.25) is 24.3 Å². The first-order chi connectivity index (χ1) is 20.0. The number of methoxy groups -OCH3 is 1. The third-order valence-corrected chi connectivity index (χ3v) is 7.54. The second kappa shape index (κ2) is 13.2. The van der Waals surface area contributed by atoms with Crippen molar-refractivity contribution in [2.75, 3.05) is 36.5 Å². The molecule has 5 rings (SSSR count). The van der Waals surface area contributed by atoms with E-state index in [9.17, 15) is 13.2 Å². The molecule has 0 spiro atoms. The Hall–Kier alpha value is -4.12. The molecular formula is C26H31N7O7S2. The maximum absolute atomic E-state index is 13.2. The van der Waals surface area contributed by atoms with E-state index in [1.54, 1.807) is 29.9 Å². The molecule has 0 saturated carbocycles. The molecule has 1 fully saturated rings. The number of hydrogen-bond donors (Lipinski definition) is 4. The first-order valence-electron chi connectivity index (χ1n) is 12.7. The van der Waals surface area contributed by atoms with Crippen LogP contribution in [0.15, 0.2) is 36.0 Å². The maximum Gasteiger partial charge on any atom is 0.290 e. The summed E-state index contributed by atoms with van der Waals surface area (Å²) in [7, 11) is -2.15. The molecule has 1 aliphatic heterocycles. The van der Waals surface area contributed by atoms with Crippen LogP contribution in [0.25, 0.3) is 22.0 Å². The maximum atomic E-state index is 13.2. The molecule has 1 amide bonds. The summed E-state index contributed by atoms with van der Waals surface area (Å²) in [6, 6.07) is 5.25. The van der Waals surface area contributed by atoms with E-state index in [4.69, 9.17) is 19.4 Å². The predicted molar refractivity (Wildman–Crippen MR) is 158 cm³/mol. The van der Waals surface area contributed by atoms with Crippen LogP contribution in [0.5, 0.6) is 5.88 Å². The number of hydrogen-bond acceptors (Lipinski definition) is 11. The number of nitrogens with zero attached hydrogens (tertiary/aromatic N) is 4. The third kappa shape index (κ3) is 7.79. The number of rotatable bonds is 8. The molecule has 4 N–H and O–H groups in total. The number of morpholine rings is 1. The van der Waals surface area contributed by atoms with Gasteiger partial charge < -0.3 is 19.9 Å². The molecule has 1 aliphatic rings. The highest BCUT2D eigenvalue weighted by Crippen LogP contribution is 2.33. The molecule has 1 saturated heterocycles. The highest BCUT2D eigenvalue weighted by molar-refractivity contribution is 7.92. The number of carbonyl (C=O) groups excluding carboxylic acids is 1. The highest BCUT2D eigenvalue weighted by Gasteiger charge is 2.23. The van der Waals surface area contributed by atoms with Crippen LogP contribution in [0.4, 0.5) is 11.4 Å². The van der Waals surface area contributed by atoms with Gasteiger partial charge in [0.2, 0.25) is 15.9 Å². The van der Waals surface area contributed by atoms with Crippen molar-refractivity contribution < 1.29 is 32.6 Å². The molecule has 14 nitrogen and oxygen atoms in total. The number of aromatic amines is 1. The summed E-state index contributed by atoms with van der Waals surface area (Å²) < 4.78 is 37.1. The molecule has 0 radical (unpaired) electrons. The average molecular weight is 618 g/mol. The third-order valence-electron chi connectivity index (χ3n) is 6.12. The fourth-order valence-electron chi connectivity index (χ4n) is 4.65. The lowest BCUT2D eigenvalue weighted by Gasteiger charge is -2.34. The lowest BCUT2D eigenvalue weighted by Crippen LogP contribution is -2.44. The second-order valence-corrected chi connectivity index (χ2v) is 12.3. The van der Waals surface area contributed by atoms with Crippen LogP contribution in [0.2, 0.25) is 0 Å². The Morgan fingerprint density at radius 2 is 1.90 bits per heavy atom. The van der Waals surface area contributed by atoms with Gasteiger partial charge in [0.05, 0.1) is 49.5 Å². The van der Waals surface area contributed by atoms with Gasteiger partial charge in [0.15, 0.2) is 0 Å². The van der Waals surface area contributed by atoms with Gasteiger partial charge in [-0.15, -0.1) is 11.3 Å². The van der Waals surface area contributed by atoms with Gasteiger partial charge in [-0.1, -0.05) is 0 Å². The number of sulfonamides is 1. The lowest BCUT2D eigenvalue weighted by molar-refractivity contribution is -0.122. The van der Waals surface area contributed by atoms with E-state index in [-0.39, 0.29) is 36.2 Å². The van der Waals surface area contributed by atoms with Gasteiger partial charge in [0, 0.05) is 35.6 Å². The molecule has 2 atom stereocenters. The number of thiazole rings is 1. The summed E-state index contributed by atoms with van der Waals surface area (Å²) in [5.74, 6) is -0.200. The van der Waals surface area contributed by atoms with Crippen molar-refractivity contribution in [3.05, 3.63) is 46.7 Å². The fourth-order valence-corrected chi connectivity index (χ4v) is 6.01. The predicted octanol–water partition coefficient (Wildman–Crippen LogP) is 3.02. The summed E-state index contributed by atoms with van der Waals surface area (Å²) in [6.07, 6.45) is 4.55. The number of pyridine rings is 1. The zero-order chi connectivity index (χ0) is 30.4. The zero-order valence-electron chi connectivity index (χ0n) is 23.3. The van der Waals surface area contributed by atoms with E-state index in [0.29, 0.717) is 34.6 Å². The topological polar surface area (TPSA) is 189 Å². The number of benzene rings is 1. The zero-order valence-corrected chi connectivity index (χ0v) is 25.0. The Morgan fingerprint density at radius 3 is 2.57 bits per heavy atom. The summed E-state index contributed by atoms with van der Waals surface area (Å²) in [6.45, 7) is 6.15. The van der Waals surface area contributed by atoms with Crippen molar-refractivity contribution >= 4 is 56.0 Å². The SMILES string of the molecule is COc1ncc(-c2cc(NC(=O)c3csc(CN4C[C@@H](C)O[C@@H](C)C4)n3)c3cn[nH]c3c2)cc1NS(C)(=O)=O.O=CO. The van der Waals surface area contributed by atoms with Gasteiger partial charge in [0.1, 0.15) is 16.4 Å². The first kappa shape index (κ1) is 30.8. The number of ether oxygens (including phenoxy) is 2. The van der Waals surface area contributed by atoms with Crippen LogP contribution in [-0.4, -0.2) is 89.6 Å². The molecule has 4 heterocycles. The molecule has 0 aliphatic carbocycles. The Morgan fingerprint density at radius 1 is 1.21 bits per heavy atom. The fraction of sp³-hybridized carbons (Fsp3) is 0.346. The van der Waals surface area contributed by atoms with Crippen molar-refractivity contribution in [2.45, 2.75) is 32.6 Å². The molecule has 3 aromatic heterocycles. The molecule has 1 aromatic carbocycles. The highest BCUT2D eigenvalue weighted by atomic mass is 32.2. The number of fused-ring (bicyclic) bond motifs is 1.